The van der Waals surface area contributed by atoms with Gasteiger partial charge in [0.15, 0.2) is 0 Å². The van der Waals surface area contributed by atoms with Crippen molar-refractivity contribution >= 4 is 41.2 Å². The SMILES string of the molecule is CCN1C(=O)NC(=O)/C(=C\c2cc(C)n(-c3sc(C)c(C)c3C(=O)OC)c2C)C1=O. The van der Waals surface area contributed by atoms with Crippen molar-refractivity contribution in [1.82, 2.24) is 14.8 Å². The third kappa shape index (κ3) is 3.35. The van der Waals surface area contributed by atoms with Gasteiger partial charge in [0.05, 0.1) is 12.7 Å². The molecule has 158 valence electrons. The number of amides is 4. The first-order chi connectivity index (χ1) is 14.1. The van der Waals surface area contributed by atoms with Crippen molar-refractivity contribution in [2.24, 2.45) is 0 Å². The van der Waals surface area contributed by atoms with Crippen LogP contribution in [0.3, 0.4) is 0 Å². The molecule has 3 heterocycles. The normalized spacial score (nSPS) is 15.7. The molecule has 1 fully saturated rings. The Labute approximate surface area is 178 Å². The Morgan fingerprint density at radius 2 is 1.87 bits per heavy atom. The van der Waals surface area contributed by atoms with Crippen molar-refractivity contribution in [3.63, 3.8) is 0 Å². The fourth-order valence-corrected chi connectivity index (χ4v) is 4.75. The predicted octanol–water partition coefficient (Wildman–Crippen LogP) is 3.04. The zero-order chi connectivity index (χ0) is 22.3. The van der Waals surface area contributed by atoms with Crippen LogP contribution in [0.4, 0.5) is 4.79 Å². The first kappa shape index (κ1) is 21.5. The van der Waals surface area contributed by atoms with E-state index in [1.807, 2.05) is 38.3 Å². The summed E-state index contributed by atoms with van der Waals surface area (Å²) >= 11 is 1.47. The number of hydrogen-bond acceptors (Lipinski definition) is 6. The highest BCUT2D eigenvalue weighted by atomic mass is 32.1. The van der Waals surface area contributed by atoms with E-state index in [-0.39, 0.29) is 12.1 Å². The lowest BCUT2D eigenvalue weighted by atomic mass is 10.1. The second-order valence-electron chi connectivity index (χ2n) is 6.98. The molecule has 0 atom stereocenters. The number of carbonyl (C=O) groups is 4. The Bertz CT molecular complexity index is 1120. The van der Waals surface area contributed by atoms with E-state index in [0.29, 0.717) is 11.1 Å². The van der Waals surface area contributed by atoms with Gasteiger partial charge in [-0.25, -0.2) is 9.59 Å². The molecule has 0 spiro atoms. The molecule has 1 saturated heterocycles. The molecule has 1 aliphatic heterocycles. The number of esters is 1. The number of nitrogens with zero attached hydrogens (tertiary/aromatic N) is 2. The van der Waals surface area contributed by atoms with Gasteiger partial charge in [-0.3, -0.25) is 19.8 Å². The summed E-state index contributed by atoms with van der Waals surface area (Å²) in [5.74, 6) is -1.77. The van der Waals surface area contributed by atoms with Crippen molar-refractivity contribution in [2.45, 2.75) is 34.6 Å². The van der Waals surface area contributed by atoms with E-state index in [4.69, 9.17) is 4.74 Å². The van der Waals surface area contributed by atoms with Crippen molar-refractivity contribution in [1.29, 1.82) is 0 Å². The lowest BCUT2D eigenvalue weighted by molar-refractivity contribution is -0.129. The first-order valence-corrected chi connectivity index (χ1v) is 10.2. The lowest BCUT2D eigenvalue weighted by Crippen LogP contribution is -2.53. The highest BCUT2D eigenvalue weighted by molar-refractivity contribution is 7.15. The third-order valence-electron chi connectivity index (χ3n) is 5.23. The predicted molar refractivity (Wildman–Crippen MR) is 113 cm³/mol. The minimum absolute atomic E-state index is 0.108. The van der Waals surface area contributed by atoms with Crippen LogP contribution in [0.25, 0.3) is 11.1 Å². The molecule has 0 saturated carbocycles. The van der Waals surface area contributed by atoms with Crippen LogP contribution < -0.4 is 5.32 Å². The van der Waals surface area contributed by atoms with Gasteiger partial charge in [0.25, 0.3) is 11.8 Å². The molecule has 30 heavy (non-hydrogen) atoms. The number of methoxy groups -OCH3 is 1. The van der Waals surface area contributed by atoms with Crippen LogP contribution in [0.15, 0.2) is 11.6 Å². The second kappa shape index (κ2) is 7.91. The summed E-state index contributed by atoms with van der Waals surface area (Å²) in [6.45, 7) is 9.36. The molecule has 2 aromatic heterocycles. The zero-order valence-corrected chi connectivity index (χ0v) is 18.5. The summed E-state index contributed by atoms with van der Waals surface area (Å²) in [4.78, 5) is 51.1. The summed E-state index contributed by atoms with van der Waals surface area (Å²) in [7, 11) is 1.35. The van der Waals surface area contributed by atoms with Crippen LogP contribution in [0.2, 0.25) is 0 Å². The molecule has 0 aromatic carbocycles. The summed E-state index contributed by atoms with van der Waals surface area (Å²) in [5.41, 5.74) is 3.48. The van der Waals surface area contributed by atoms with Gasteiger partial charge in [-0.15, -0.1) is 11.3 Å². The topological polar surface area (TPSA) is 97.7 Å². The Hall–Kier alpha value is -3.20. The number of aryl methyl sites for hydroxylation is 2. The largest absolute Gasteiger partial charge is 0.465 e. The molecule has 4 amide bonds. The molecule has 0 aliphatic carbocycles. The molecule has 0 radical (unpaired) electrons. The number of urea groups is 1. The molecule has 1 N–H and O–H groups in total. The zero-order valence-electron chi connectivity index (χ0n) is 17.7. The molecule has 0 bridgehead atoms. The van der Waals surface area contributed by atoms with E-state index >= 15 is 0 Å². The minimum Gasteiger partial charge on any atom is -0.465 e. The van der Waals surface area contributed by atoms with Gasteiger partial charge >= 0.3 is 12.0 Å². The van der Waals surface area contributed by atoms with E-state index in [0.717, 1.165) is 31.7 Å². The van der Waals surface area contributed by atoms with E-state index in [1.165, 1.54) is 24.5 Å². The number of hydrogen-bond donors (Lipinski definition) is 1. The van der Waals surface area contributed by atoms with Crippen LogP contribution >= 0.6 is 11.3 Å². The smallest absolute Gasteiger partial charge is 0.341 e. The number of thiophene rings is 1. The van der Waals surface area contributed by atoms with Crippen molar-refractivity contribution in [2.75, 3.05) is 13.7 Å². The number of carbonyl (C=O) groups excluding carboxylic acids is 4. The Kier molecular flexibility index (Phi) is 5.67. The number of aromatic nitrogens is 1. The van der Waals surface area contributed by atoms with E-state index in [9.17, 15) is 19.2 Å². The second-order valence-corrected chi connectivity index (χ2v) is 8.19. The van der Waals surface area contributed by atoms with E-state index < -0.39 is 23.8 Å². The summed E-state index contributed by atoms with van der Waals surface area (Å²) < 4.78 is 6.88. The molecule has 3 rings (SSSR count). The third-order valence-corrected chi connectivity index (χ3v) is 6.42. The maximum Gasteiger partial charge on any atom is 0.341 e. The maximum absolute atomic E-state index is 12.6. The molecule has 2 aromatic rings. The average Bonchev–Trinajstić information content (AvgIpc) is 3.13. The van der Waals surface area contributed by atoms with Gasteiger partial charge in [0.1, 0.15) is 10.6 Å². The average molecular weight is 429 g/mol. The first-order valence-electron chi connectivity index (χ1n) is 9.38. The number of ether oxygens (including phenoxy) is 1. The molecule has 1 aliphatic rings. The van der Waals surface area contributed by atoms with Crippen molar-refractivity contribution < 1.29 is 23.9 Å². The van der Waals surface area contributed by atoms with Gasteiger partial charge in [-0.05, 0) is 57.9 Å². The number of likely N-dealkylation sites (N-methyl/N-ethyl adjacent to an activating group) is 1. The van der Waals surface area contributed by atoms with E-state index in [2.05, 4.69) is 5.32 Å². The molecule has 8 nitrogen and oxygen atoms in total. The van der Waals surface area contributed by atoms with Crippen LogP contribution in [0, 0.1) is 27.7 Å². The molecular formula is C21H23N3O5S. The van der Waals surface area contributed by atoms with Crippen LogP contribution in [-0.4, -0.2) is 46.9 Å². The summed E-state index contributed by atoms with van der Waals surface area (Å²) in [6, 6.07) is 1.11. The Morgan fingerprint density at radius 1 is 1.20 bits per heavy atom. The highest BCUT2D eigenvalue weighted by Crippen LogP contribution is 2.35. The number of imide groups is 2. The maximum atomic E-state index is 12.6. The minimum atomic E-state index is -0.724. The van der Waals surface area contributed by atoms with Crippen LogP contribution in [-0.2, 0) is 14.3 Å². The van der Waals surface area contributed by atoms with Crippen LogP contribution in [0.1, 0.15) is 44.7 Å². The number of rotatable bonds is 4. The summed E-state index contributed by atoms with van der Waals surface area (Å²) in [5, 5.41) is 2.91. The molecule has 9 heteroatoms. The van der Waals surface area contributed by atoms with Gasteiger partial charge in [0, 0.05) is 22.8 Å². The fourth-order valence-electron chi connectivity index (χ4n) is 3.49. The monoisotopic (exact) mass is 429 g/mol. The van der Waals surface area contributed by atoms with Gasteiger partial charge in [0.2, 0.25) is 0 Å². The number of barbiturate groups is 1. The quantitative estimate of drug-likeness (QED) is 0.458. The fraction of sp³-hybridized carbons (Fsp3) is 0.333. The highest BCUT2D eigenvalue weighted by Gasteiger charge is 2.35. The molecular weight excluding hydrogens is 406 g/mol. The lowest BCUT2D eigenvalue weighted by Gasteiger charge is -2.24. The number of nitrogens with one attached hydrogen (secondary N) is 1. The Morgan fingerprint density at radius 3 is 2.47 bits per heavy atom. The standard InChI is InChI=1S/C21H23N3O5S/c1-7-23-18(26)15(17(25)22-21(23)28)9-14-8-10(2)24(12(14)4)19-16(20(27)29-6)11(3)13(5)30-19/h8-9H,7H2,1-6H3,(H,22,25,28)/b15-9+. The van der Waals surface area contributed by atoms with Gasteiger partial charge in [-0.1, -0.05) is 0 Å². The van der Waals surface area contributed by atoms with Crippen molar-refractivity contribution in [3.05, 3.63) is 44.6 Å². The van der Waals surface area contributed by atoms with Gasteiger partial charge < -0.3 is 9.30 Å². The summed E-state index contributed by atoms with van der Waals surface area (Å²) in [6.07, 6.45) is 1.48. The van der Waals surface area contributed by atoms with E-state index in [1.54, 1.807) is 6.92 Å². The Balaban J connectivity index is 2.15. The van der Waals surface area contributed by atoms with Crippen LogP contribution in [0.5, 0.6) is 0 Å². The van der Waals surface area contributed by atoms with Crippen molar-refractivity contribution in [3.8, 4) is 5.00 Å². The molecule has 0 unspecified atom stereocenters. The van der Waals surface area contributed by atoms with Gasteiger partial charge in [-0.2, -0.15) is 0 Å².